The zero-order valence-electron chi connectivity index (χ0n) is 20.0. The largest absolute Gasteiger partial charge is 0.484 e. The molecule has 0 heterocycles. The summed E-state index contributed by atoms with van der Waals surface area (Å²) in [6.45, 7) is 4.42. The number of para-hydroxylation sites is 1. The van der Waals surface area contributed by atoms with Crippen LogP contribution in [0, 0.1) is 6.92 Å². The van der Waals surface area contributed by atoms with Crippen LogP contribution in [-0.2, 0) is 22.6 Å². The van der Waals surface area contributed by atoms with Crippen molar-refractivity contribution in [2.75, 3.05) is 13.2 Å². The monoisotopic (exact) mass is 512 g/mol. The van der Waals surface area contributed by atoms with Gasteiger partial charge in [-0.2, -0.15) is 0 Å². The molecule has 184 valence electrons. The lowest BCUT2D eigenvalue weighted by atomic mass is 10.0. The number of rotatable bonds is 11. The zero-order valence-corrected chi connectivity index (χ0v) is 21.5. The van der Waals surface area contributed by atoms with E-state index < -0.39 is 6.04 Å². The molecule has 3 rings (SSSR count). The highest BCUT2D eigenvalue weighted by Crippen LogP contribution is 2.24. The lowest BCUT2D eigenvalue weighted by Crippen LogP contribution is -2.51. The third kappa shape index (κ3) is 7.74. The Morgan fingerprint density at radius 1 is 0.943 bits per heavy atom. The van der Waals surface area contributed by atoms with Gasteiger partial charge in [0.2, 0.25) is 5.91 Å². The Kier molecular flexibility index (Phi) is 10.0. The molecule has 0 aliphatic rings. The van der Waals surface area contributed by atoms with E-state index in [4.69, 9.17) is 27.9 Å². The first-order valence-corrected chi connectivity index (χ1v) is 12.4. The fourth-order valence-electron chi connectivity index (χ4n) is 3.70. The van der Waals surface area contributed by atoms with Crippen LogP contribution in [0.1, 0.15) is 30.0 Å². The third-order valence-corrected chi connectivity index (χ3v) is 6.34. The number of ether oxygens (including phenoxy) is 1. The van der Waals surface area contributed by atoms with Gasteiger partial charge >= 0.3 is 0 Å². The molecule has 35 heavy (non-hydrogen) atoms. The van der Waals surface area contributed by atoms with Crippen LogP contribution in [0.2, 0.25) is 10.0 Å². The van der Waals surface area contributed by atoms with Gasteiger partial charge in [0, 0.05) is 19.5 Å². The summed E-state index contributed by atoms with van der Waals surface area (Å²) < 4.78 is 5.85. The van der Waals surface area contributed by atoms with Crippen molar-refractivity contribution in [2.24, 2.45) is 0 Å². The van der Waals surface area contributed by atoms with Gasteiger partial charge in [0.05, 0.1) is 10.0 Å². The van der Waals surface area contributed by atoms with E-state index in [0.717, 1.165) is 23.1 Å². The molecule has 0 radical (unpaired) electrons. The molecule has 1 atom stereocenters. The summed E-state index contributed by atoms with van der Waals surface area (Å²) in [7, 11) is 0. The SMILES string of the molecule is CCCNC(=O)C(Cc1ccccc1)N(Cc1ccc(Cl)c(Cl)c1)C(=O)COc1ccccc1C. The second-order valence-corrected chi connectivity index (χ2v) is 9.14. The van der Waals surface area contributed by atoms with Gasteiger partial charge in [0.25, 0.3) is 5.91 Å². The Morgan fingerprint density at radius 3 is 2.34 bits per heavy atom. The third-order valence-electron chi connectivity index (χ3n) is 5.60. The number of nitrogens with zero attached hydrogens (tertiary/aromatic N) is 1. The van der Waals surface area contributed by atoms with Crippen LogP contribution in [0.5, 0.6) is 5.75 Å². The van der Waals surface area contributed by atoms with E-state index >= 15 is 0 Å². The van der Waals surface area contributed by atoms with E-state index in [1.807, 2.05) is 68.4 Å². The number of carbonyl (C=O) groups is 2. The van der Waals surface area contributed by atoms with Crippen LogP contribution in [0.25, 0.3) is 0 Å². The maximum absolute atomic E-state index is 13.6. The van der Waals surface area contributed by atoms with Gasteiger partial charge in [-0.25, -0.2) is 0 Å². The normalized spacial score (nSPS) is 11.5. The maximum Gasteiger partial charge on any atom is 0.261 e. The summed E-state index contributed by atoms with van der Waals surface area (Å²) in [6, 6.07) is 21.7. The predicted octanol–water partition coefficient (Wildman–Crippen LogP) is 5.85. The van der Waals surface area contributed by atoms with Crippen LogP contribution in [0.4, 0.5) is 0 Å². The van der Waals surface area contributed by atoms with Gasteiger partial charge in [-0.3, -0.25) is 9.59 Å². The van der Waals surface area contributed by atoms with E-state index in [0.29, 0.717) is 28.8 Å². The van der Waals surface area contributed by atoms with E-state index in [9.17, 15) is 9.59 Å². The van der Waals surface area contributed by atoms with Gasteiger partial charge in [-0.15, -0.1) is 0 Å². The van der Waals surface area contributed by atoms with Crippen LogP contribution >= 0.6 is 23.2 Å². The Hall–Kier alpha value is -3.02. The Morgan fingerprint density at radius 2 is 1.66 bits per heavy atom. The average Bonchev–Trinajstić information content (AvgIpc) is 2.86. The minimum Gasteiger partial charge on any atom is -0.484 e. The number of nitrogens with one attached hydrogen (secondary N) is 1. The molecule has 0 saturated heterocycles. The summed E-state index contributed by atoms with van der Waals surface area (Å²) in [5, 5.41) is 3.78. The Labute approximate surface area is 217 Å². The molecule has 1 N–H and O–H groups in total. The molecule has 0 spiro atoms. The minimum atomic E-state index is -0.730. The molecule has 0 bridgehead atoms. The number of amides is 2. The highest BCUT2D eigenvalue weighted by Gasteiger charge is 2.30. The molecular weight excluding hydrogens is 483 g/mol. The number of hydrogen-bond acceptors (Lipinski definition) is 3. The van der Waals surface area contributed by atoms with Gasteiger partial charge in [-0.05, 0) is 48.2 Å². The molecule has 0 aromatic heterocycles. The molecule has 0 fully saturated rings. The molecule has 7 heteroatoms. The van der Waals surface area contributed by atoms with Crippen molar-refractivity contribution in [1.29, 1.82) is 0 Å². The number of hydrogen-bond donors (Lipinski definition) is 1. The second kappa shape index (κ2) is 13.2. The molecule has 2 amide bonds. The first-order chi connectivity index (χ1) is 16.9. The first-order valence-electron chi connectivity index (χ1n) is 11.6. The second-order valence-electron chi connectivity index (χ2n) is 8.32. The van der Waals surface area contributed by atoms with Gasteiger partial charge in [-0.1, -0.05) is 84.7 Å². The van der Waals surface area contributed by atoms with Crippen molar-refractivity contribution in [1.82, 2.24) is 10.2 Å². The molecule has 3 aromatic rings. The maximum atomic E-state index is 13.6. The topological polar surface area (TPSA) is 58.6 Å². The van der Waals surface area contributed by atoms with E-state index in [-0.39, 0.29) is 25.0 Å². The van der Waals surface area contributed by atoms with Gasteiger partial charge in [0.1, 0.15) is 11.8 Å². The lowest BCUT2D eigenvalue weighted by molar-refractivity contribution is -0.142. The molecule has 3 aromatic carbocycles. The molecule has 0 aliphatic heterocycles. The van der Waals surface area contributed by atoms with Crippen LogP contribution in [0.3, 0.4) is 0 Å². The van der Waals surface area contributed by atoms with Gasteiger partial charge in [0.15, 0.2) is 6.61 Å². The number of benzene rings is 3. The van der Waals surface area contributed by atoms with E-state index in [1.165, 1.54) is 0 Å². The highest BCUT2D eigenvalue weighted by atomic mass is 35.5. The Balaban J connectivity index is 1.92. The van der Waals surface area contributed by atoms with Crippen molar-refractivity contribution in [3.8, 4) is 5.75 Å². The first kappa shape index (κ1) is 26.6. The lowest BCUT2D eigenvalue weighted by Gasteiger charge is -2.31. The zero-order chi connectivity index (χ0) is 25.2. The summed E-state index contributed by atoms with van der Waals surface area (Å²) in [6.07, 6.45) is 1.16. The molecule has 0 saturated carbocycles. The molecule has 1 unspecified atom stereocenters. The average molecular weight is 513 g/mol. The number of carbonyl (C=O) groups excluding carboxylic acids is 2. The molecule has 5 nitrogen and oxygen atoms in total. The summed E-state index contributed by atoms with van der Waals surface area (Å²) in [5.74, 6) is 0.122. The smallest absolute Gasteiger partial charge is 0.261 e. The summed E-state index contributed by atoms with van der Waals surface area (Å²) in [5.41, 5.74) is 2.65. The summed E-state index contributed by atoms with van der Waals surface area (Å²) in [4.78, 5) is 28.4. The molecule has 0 aliphatic carbocycles. The van der Waals surface area contributed by atoms with Crippen molar-refractivity contribution in [3.05, 3.63) is 99.5 Å². The quantitative estimate of drug-likeness (QED) is 0.350. The number of halogens is 2. The van der Waals surface area contributed by atoms with Gasteiger partial charge < -0.3 is 15.0 Å². The predicted molar refractivity (Wildman–Crippen MR) is 141 cm³/mol. The standard InChI is InChI=1S/C28H30Cl2N2O3/c1-3-15-31-28(34)25(17-21-10-5-4-6-11-21)32(18-22-13-14-23(29)24(30)16-22)27(33)19-35-26-12-8-7-9-20(26)2/h4-14,16,25H,3,15,17-19H2,1-2H3,(H,31,34). The Bertz CT molecular complexity index is 1140. The van der Waals surface area contributed by atoms with Crippen molar-refractivity contribution >= 4 is 35.0 Å². The molecular formula is C28H30Cl2N2O3. The van der Waals surface area contributed by atoms with Crippen LogP contribution in [-0.4, -0.2) is 35.9 Å². The van der Waals surface area contributed by atoms with Crippen molar-refractivity contribution in [3.63, 3.8) is 0 Å². The van der Waals surface area contributed by atoms with Crippen molar-refractivity contribution in [2.45, 2.75) is 39.3 Å². The fourth-order valence-corrected chi connectivity index (χ4v) is 4.02. The summed E-state index contributed by atoms with van der Waals surface area (Å²) >= 11 is 12.3. The highest BCUT2D eigenvalue weighted by molar-refractivity contribution is 6.42. The van der Waals surface area contributed by atoms with Crippen LogP contribution in [0.15, 0.2) is 72.8 Å². The van der Waals surface area contributed by atoms with Crippen molar-refractivity contribution < 1.29 is 14.3 Å². The fraction of sp³-hybridized carbons (Fsp3) is 0.286. The van der Waals surface area contributed by atoms with E-state index in [2.05, 4.69) is 5.32 Å². The van der Waals surface area contributed by atoms with Crippen LogP contribution < -0.4 is 10.1 Å². The number of aryl methyl sites for hydroxylation is 1. The minimum absolute atomic E-state index is 0.184. The van der Waals surface area contributed by atoms with E-state index in [1.54, 1.807) is 23.1 Å².